The molecule has 2 aromatic rings. The van der Waals surface area contributed by atoms with Gasteiger partial charge in [0, 0.05) is 35.6 Å². The van der Waals surface area contributed by atoms with E-state index in [2.05, 4.69) is 31.5 Å². The van der Waals surface area contributed by atoms with E-state index in [1.54, 1.807) is 12.5 Å². The Labute approximate surface area is 113 Å². The zero-order valence-corrected chi connectivity index (χ0v) is 11.2. The highest BCUT2D eigenvalue weighted by Gasteiger charge is 2.00. The summed E-state index contributed by atoms with van der Waals surface area (Å²) in [5.74, 6) is 0. The Hall–Kier alpha value is -1.82. The van der Waals surface area contributed by atoms with Gasteiger partial charge in [0.15, 0.2) is 0 Å². The van der Waals surface area contributed by atoms with Gasteiger partial charge < -0.3 is 15.2 Å². The fourth-order valence-electron chi connectivity index (χ4n) is 1.43. The number of anilines is 1. The molecule has 1 aromatic heterocycles. The summed E-state index contributed by atoms with van der Waals surface area (Å²) in [4.78, 5) is 15.5. The van der Waals surface area contributed by atoms with Crippen molar-refractivity contribution in [1.29, 1.82) is 0 Å². The molecule has 5 nitrogen and oxygen atoms in total. The lowest BCUT2D eigenvalue weighted by Gasteiger charge is -2.08. The number of carbonyl (C=O) groups is 1. The number of aromatic nitrogens is 2. The van der Waals surface area contributed by atoms with Crippen LogP contribution >= 0.6 is 15.9 Å². The van der Waals surface area contributed by atoms with Crippen LogP contribution in [0.2, 0.25) is 0 Å². The quantitative estimate of drug-likeness (QED) is 0.911. The maximum Gasteiger partial charge on any atom is 0.319 e. The zero-order chi connectivity index (χ0) is 12.8. The van der Waals surface area contributed by atoms with Gasteiger partial charge in [0.25, 0.3) is 0 Å². The maximum absolute atomic E-state index is 11.6. The molecule has 0 saturated carbocycles. The van der Waals surface area contributed by atoms with Crippen LogP contribution in [0.15, 0.2) is 47.5 Å². The first-order valence-electron chi connectivity index (χ1n) is 5.50. The normalized spacial score (nSPS) is 10.1. The number of hydrogen-bond donors (Lipinski definition) is 2. The number of nitrogens with one attached hydrogen (secondary N) is 2. The minimum Gasteiger partial charge on any atom is -0.336 e. The molecule has 0 aliphatic rings. The Morgan fingerprint density at radius 2 is 2.11 bits per heavy atom. The molecular formula is C12H13BrN4O. The number of rotatable bonds is 4. The number of hydrogen-bond acceptors (Lipinski definition) is 2. The molecule has 2 amide bonds. The fourth-order valence-corrected chi connectivity index (χ4v) is 1.69. The summed E-state index contributed by atoms with van der Waals surface area (Å²) in [5.41, 5.74) is 0.762. The highest BCUT2D eigenvalue weighted by atomic mass is 79.9. The van der Waals surface area contributed by atoms with Crippen molar-refractivity contribution in [3.8, 4) is 0 Å². The Bertz CT molecular complexity index is 495. The number of carbonyl (C=O) groups excluding carboxylic acids is 1. The third kappa shape index (κ3) is 3.89. The molecule has 0 aliphatic heterocycles. The van der Waals surface area contributed by atoms with E-state index < -0.39 is 0 Å². The largest absolute Gasteiger partial charge is 0.336 e. The van der Waals surface area contributed by atoms with Crippen LogP contribution < -0.4 is 10.6 Å². The molecule has 6 heteroatoms. The summed E-state index contributed by atoms with van der Waals surface area (Å²) in [5, 5.41) is 5.53. The van der Waals surface area contributed by atoms with Gasteiger partial charge in [0.1, 0.15) is 0 Å². The fraction of sp³-hybridized carbons (Fsp3) is 0.167. The first-order chi connectivity index (χ1) is 8.74. The molecule has 18 heavy (non-hydrogen) atoms. The molecule has 0 spiro atoms. The molecule has 2 rings (SSSR count). The standard InChI is InChI=1S/C12H13BrN4O/c13-10-1-3-11(4-2-10)16-12(18)15-6-8-17-7-5-14-9-17/h1-5,7,9H,6,8H2,(H2,15,16,18). The van der Waals surface area contributed by atoms with Crippen LogP contribution in [0, 0.1) is 0 Å². The van der Waals surface area contributed by atoms with Crippen molar-refractivity contribution in [2.24, 2.45) is 0 Å². The van der Waals surface area contributed by atoms with Crippen LogP contribution in [-0.4, -0.2) is 22.1 Å². The van der Waals surface area contributed by atoms with Crippen molar-refractivity contribution in [2.45, 2.75) is 6.54 Å². The molecule has 0 bridgehead atoms. The van der Waals surface area contributed by atoms with Crippen molar-refractivity contribution in [3.63, 3.8) is 0 Å². The SMILES string of the molecule is O=C(NCCn1ccnc1)Nc1ccc(Br)cc1. The first kappa shape index (κ1) is 12.6. The topological polar surface area (TPSA) is 59.0 Å². The van der Waals surface area contributed by atoms with E-state index in [1.165, 1.54) is 0 Å². The smallest absolute Gasteiger partial charge is 0.319 e. The minimum atomic E-state index is -0.211. The van der Waals surface area contributed by atoms with E-state index in [1.807, 2.05) is 35.0 Å². The highest BCUT2D eigenvalue weighted by molar-refractivity contribution is 9.10. The molecule has 0 saturated heterocycles. The molecule has 1 aromatic carbocycles. The van der Waals surface area contributed by atoms with Crippen LogP contribution in [0.5, 0.6) is 0 Å². The highest BCUT2D eigenvalue weighted by Crippen LogP contribution is 2.13. The number of amides is 2. The Kier molecular flexibility index (Phi) is 4.35. The zero-order valence-electron chi connectivity index (χ0n) is 9.64. The summed E-state index contributed by atoms with van der Waals surface area (Å²) in [6.45, 7) is 1.26. The van der Waals surface area contributed by atoms with E-state index >= 15 is 0 Å². The predicted molar refractivity (Wildman–Crippen MR) is 73.4 cm³/mol. The molecule has 0 fully saturated rings. The van der Waals surface area contributed by atoms with Crippen molar-refractivity contribution in [1.82, 2.24) is 14.9 Å². The molecule has 0 atom stereocenters. The summed E-state index contributed by atoms with van der Waals surface area (Å²) in [6, 6.07) is 7.21. The van der Waals surface area contributed by atoms with E-state index in [0.29, 0.717) is 13.1 Å². The van der Waals surface area contributed by atoms with Crippen LogP contribution in [0.4, 0.5) is 10.5 Å². The van der Waals surface area contributed by atoms with Gasteiger partial charge in [-0.2, -0.15) is 0 Å². The summed E-state index contributed by atoms with van der Waals surface area (Å²) < 4.78 is 2.88. The molecule has 0 aliphatic carbocycles. The Morgan fingerprint density at radius 3 is 2.78 bits per heavy atom. The van der Waals surface area contributed by atoms with Gasteiger partial charge >= 0.3 is 6.03 Å². The van der Waals surface area contributed by atoms with Crippen molar-refractivity contribution in [3.05, 3.63) is 47.5 Å². The average molecular weight is 309 g/mol. The molecule has 2 N–H and O–H groups in total. The van der Waals surface area contributed by atoms with E-state index in [4.69, 9.17) is 0 Å². The lowest BCUT2D eigenvalue weighted by atomic mass is 10.3. The van der Waals surface area contributed by atoms with Crippen LogP contribution in [0.25, 0.3) is 0 Å². The molecule has 1 heterocycles. The number of urea groups is 1. The van der Waals surface area contributed by atoms with E-state index in [-0.39, 0.29) is 6.03 Å². The van der Waals surface area contributed by atoms with Gasteiger partial charge in [-0.15, -0.1) is 0 Å². The molecule has 0 unspecified atom stereocenters. The summed E-state index contributed by atoms with van der Waals surface area (Å²) in [7, 11) is 0. The van der Waals surface area contributed by atoms with Crippen LogP contribution in [-0.2, 0) is 6.54 Å². The Balaban J connectivity index is 1.73. The van der Waals surface area contributed by atoms with Gasteiger partial charge in [-0.1, -0.05) is 15.9 Å². The van der Waals surface area contributed by atoms with E-state index in [0.717, 1.165) is 10.2 Å². The summed E-state index contributed by atoms with van der Waals surface area (Å²) in [6.07, 6.45) is 5.28. The van der Waals surface area contributed by atoms with Gasteiger partial charge in [-0.05, 0) is 24.3 Å². The third-order valence-corrected chi connectivity index (χ3v) is 2.85. The monoisotopic (exact) mass is 308 g/mol. The first-order valence-corrected chi connectivity index (χ1v) is 6.29. The van der Waals surface area contributed by atoms with Crippen molar-refractivity contribution in [2.75, 3.05) is 11.9 Å². The number of benzene rings is 1. The number of halogens is 1. The van der Waals surface area contributed by atoms with Gasteiger partial charge in [0.05, 0.1) is 6.33 Å². The number of imidazole rings is 1. The van der Waals surface area contributed by atoms with Crippen LogP contribution in [0.1, 0.15) is 0 Å². The second-order valence-electron chi connectivity index (χ2n) is 3.69. The second kappa shape index (κ2) is 6.20. The Morgan fingerprint density at radius 1 is 1.33 bits per heavy atom. The summed E-state index contributed by atoms with van der Waals surface area (Å²) >= 11 is 3.34. The molecular weight excluding hydrogens is 296 g/mol. The van der Waals surface area contributed by atoms with Crippen molar-refractivity contribution >= 4 is 27.6 Å². The average Bonchev–Trinajstić information content (AvgIpc) is 2.85. The second-order valence-corrected chi connectivity index (χ2v) is 4.60. The van der Waals surface area contributed by atoms with E-state index in [9.17, 15) is 4.79 Å². The van der Waals surface area contributed by atoms with Gasteiger partial charge in [-0.25, -0.2) is 9.78 Å². The molecule has 0 radical (unpaired) electrons. The van der Waals surface area contributed by atoms with Gasteiger partial charge in [-0.3, -0.25) is 0 Å². The van der Waals surface area contributed by atoms with Crippen LogP contribution in [0.3, 0.4) is 0 Å². The van der Waals surface area contributed by atoms with Gasteiger partial charge in [0.2, 0.25) is 0 Å². The van der Waals surface area contributed by atoms with Crippen molar-refractivity contribution < 1.29 is 4.79 Å². The third-order valence-electron chi connectivity index (χ3n) is 2.32. The lowest BCUT2D eigenvalue weighted by Crippen LogP contribution is -2.31. The number of nitrogens with zero attached hydrogens (tertiary/aromatic N) is 2. The lowest BCUT2D eigenvalue weighted by molar-refractivity contribution is 0.251. The molecule has 94 valence electrons. The predicted octanol–water partition coefficient (Wildman–Crippen LogP) is 2.47. The maximum atomic E-state index is 11.6. The minimum absolute atomic E-state index is 0.211.